The lowest BCUT2D eigenvalue weighted by molar-refractivity contribution is 0.439. The molecule has 2 aromatic carbocycles. The van der Waals surface area contributed by atoms with Gasteiger partial charge < -0.3 is 5.32 Å². The first-order valence-corrected chi connectivity index (χ1v) is 7.58. The molecule has 1 N–H and O–H groups in total. The van der Waals surface area contributed by atoms with Crippen LogP contribution < -0.4 is 5.32 Å². The number of hydrogen-bond donors (Lipinski definition) is 1. The van der Waals surface area contributed by atoms with E-state index in [1.165, 1.54) is 29.5 Å². The molecule has 2 aromatic rings. The van der Waals surface area contributed by atoms with E-state index in [0.29, 0.717) is 12.1 Å². The smallest absolute Gasteiger partial charge is 0.0325 e. The minimum Gasteiger partial charge on any atom is -0.303 e. The van der Waals surface area contributed by atoms with Crippen LogP contribution in [0.5, 0.6) is 0 Å². The SMILES string of the molecule is CCCC(N[C@@H](C)c1cccc(C)c1)c1ccccc1. The Labute approximate surface area is 123 Å². The normalized spacial score (nSPS) is 13.9. The predicted octanol–water partition coefficient (Wildman–Crippen LogP) is 5.19. The molecular weight excluding hydrogens is 242 g/mol. The van der Waals surface area contributed by atoms with Crippen molar-refractivity contribution in [3.05, 3.63) is 71.3 Å². The Morgan fingerprint density at radius 2 is 1.65 bits per heavy atom. The van der Waals surface area contributed by atoms with Crippen molar-refractivity contribution in [1.29, 1.82) is 0 Å². The summed E-state index contributed by atoms with van der Waals surface area (Å²) < 4.78 is 0. The van der Waals surface area contributed by atoms with Crippen LogP contribution >= 0.6 is 0 Å². The van der Waals surface area contributed by atoms with E-state index in [4.69, 9.17) is 0 Å². The Morgan fingerprint density at radius 1 is 0.950 bits per heavy atom. The van der Waals surface area contributed by atoms with Crippen LogP contribution in [0.25, 0.3) is 0 Å². The quantitative estimate of drug-likeness (QED) is 0.759. The highest BCUT2D eigenvalue weighted by Gasteiger charge is 2.14. The highest BCUT2D eigenvalue weighted by atomic mass is 14.9. The van der Waals surface area contributed by atoms with Crippen LogP contribution in [0.4, 0.5) is 0 Å². The van der Waals surface area contributed by atoms with E-state index < -0.39 is 0 Å². The van der Waals surface area contributed by atoms with Crippen LogP contribution in [0.1, 0.15) is 55.5 Å². The standard InChI is InChI=1S/C19H25N/c1-4-9-19(17-11-6-5-7-12-17)20-16(3)18-13-8-10-15(2)14-18/h5-8,10-14,16,19-20H,4,9H2,1-3H3/t16-,19?/m0/s1. The Morgan fingerprint density at radius 3 is 2.30 bits per heavy atom. The molecule has 2 rings (SSSR count). The van der Waals surface area contributed by atoms with Gasteiger partial charge in [0, 0.05) is 12.1 Å². The van der Waals surface area contributed by atoms with Gasteiger partial charge in [0.15, 0.2) is 0 Å². The van der Waals surface area contributed by atoms with Crippen molar-refractivity contribution in [1.82, 2.24) is 5.32 Å². The van der Waals surface area contributed by atoms with Gasteiger partial charge in [-0.3, -0.25) is 0 Å². The fraction of sp³-hybridized carbons (Fsp3) is 0.368. The van der Waals surface area contributed by atoms with Crippen molar-refractivity contribution in [3.63, 3.8) is 0 Å². The summed E-state index contributed by atoms with van der Waals surface area (Å²) >= 11 is 0. The third-order valence-corrected chi connectivity index (χ3v) is 3.77. The molecule has 0 aliphatic heterocycles. The van der Waals surface area contributed by atoms with E-state index >= 15 is 0 Å². The third kappa shape index (κ3) is 3.94. The largest absolute Gasteiger partial charge is 0.303 e. The first kappa shape index (κ1) is 14.8. The lowest BCUT2D eigenvalue weighted by atomic mass is 9.99. The predicted molar refractivity (Wildman–Crippen MR) is 86.8 cm³/mol. The maximum absolute atomic E-state index is 3.78. The van der Waals surface area contributed by atoms with Gasteiger partial charge in [0.2, 0.25) is 0 Å². The van der Waals surface area contributed by atoms with Gasteiger partial charge in [-0.2, -0.15) is 0 Å². The molecule has 1 heteroatoms. The maximum Gasteiger partial charge on any atom is 0.0325 e. The number of rotatable bonds is 6. The summed E-state index contributed by atoms with van der Waals surface area (Å²) in [6, 6.07) is 20.3. The van der Waals surface area contributed by atoms with Gasteiger partial charge in [0.05, 0.1) is 0 Å². The summed E-state index contributed by atoms with van der Waals surface area (Å²) in [5.74, 6) is 0. The van der Waals surface area contributed by atoms with Gasteiger partial charge in [-0.05, 0) is 31.4 Å². The molecule has 0 saturated carbocycles. The van der Waals surface area contributed by atoms with E-state index in [1.807, 2.05) is 0 Å². The van der Waals surface area contributed by atoms with Crippen LogP contribution in [0, 0.1) is 6.92 Å². The summed E-state index contributed by atoms with van der Waals surface area (Å²) in [5, 5.41) is 3.78. The van der Waals surface area contributed by atoms with E-state index in [1.54, 1.807) is 0 Å². The average Bonchev–Trinajstić information content (AvgIpc) is 2.47. The molecule has 20 heavy (non-hydrogen) atoms. The van der Waals surface area contributed by atoms with Gasteiger partial charge in [0.25, 0.3) is 0 Å². The number of benzene rings is 2. The molecule has 0 spiro atoms. The third-order valence-electron chi connectivity index (χ3n) is 3.77. The first-order valence-electron chi connectivity index (χ1n) is 7.58. The summed E-state index contributed by atoms with van der Waals surface area (Å²) in [5.41, 5.74) is 4.07. The molecule has 0 aliphatic carbocycles. The van der Waals surface area contributed by atoms with Gasteiger partial charge in [-0.25, -0.2) is 0 Å². The van der Waals surface area contributed by atoms with Crippen LogP contribution in [0.15, 0.2) is 54.6 Å². The molecule has 2 atom stereocenters. The molecule has 106 valence electrons. The van der Waals surface area contributed by atoms with Gasteiger partial charge >= 0.3 is 0 Å². The Kier molecular flexibility index (Phi) is 5.37. The molecule has 1 nitrogen and oxygen atoms in total. The van der Waals surface area contributed by atoms with E-state index in [9.17, 15) is 0 Å². The van der Waals surface area contributed by atoms with Crippen molar-refractivity contribution in [2.45, 2.75) is 45.7 Å². The monoisotopic (exact) mass is 267 g/mol. The summed E-state index contributed by atoms with van der Waals surface area (Å²) in [7, 11) is 0. The number of nitrogens with one attached hydrogen (secondary N) is 1. The Hall–Kier alpha value is -1.60. The summed E-state index contributed by atoms with van der Waals surface area (Å²) in [4.78, 5) is 0. The Balaban J connectivity index is 2.12. The molecule has 0 bridgehead atoms. The lowest BCUT2D eigenvalue weighted by Gasteiger charge is -2.24. The summed E-state index contributed by atoms with van der Waals surface area (Å²) in [6.45, 7) is 6.65. The van der Waals surface area contributed by atoms with E-state index in [2.05, 4.69) is 80.7 Å². The van der Waals surface area contributed by atoms with Crippen LogP contribution in [-0.2, 0) is 0 Å². The topological polar surface area (TPSA) is 12.0 Å². The summed E-state index contributed by atoms with van der Waals surface area (Å²) in [6.07, 6.45) is 2.35. The molecular formula is C19H25N. The fourth-order valence-corrected chi connectivity index (χ4v) is 2.66. The molecule has 0 heterocycles. The first-order chi connectivity index (χ1) is 9.70. The average molecular weight is 267 g/mol. The van der Waals surface area contributed by atoms with Crippen LogP contribution in [0.2, 0.25) is 0 Å². The Bertz CT molecular complexity index is 518. The zero-order valence-electron chi connectivity index (χ0n) is 12.8. The molecule has 0 fully saturated rings. The molecule has 0 amide bonds. The van der Waals surface area contributed by atoms with Crippen molar-refractivity contribution < 1.29 is 0 Å². The fourth-order valence-electron chi connectivity index (χ4n) is 2.66. The minimum absolute atomic E-state index is 0.367. The van der Waals surface area contributed by atoms with Gasteiger partial charge in [0.1, 0.15) is 0 Å². The second-order valence-corrected chi connectivity index (χ2v) is 5.55. The number of hydrogen-bond acceptors (Lipinski definition) is 1. The van der Waals surface area contributed by atoms with Crippen LogP contribution in [0.3, 0.4) is 0 Å². The number of aryl methyl sites for hydroxylation is 1. The van der Waals surface area contributed by atoms with Crippen molar-refractivity contribution in [2.75, 3.05) is 0 Å². The highest BCUT2D eigenvalue weighted by Crippen LogP contribution is 2.23. The second-order valence-electron chi connectivity index (χ2n) is 5.55. The molecule has 0 saturated heterocycles. The second kappa shape index (κ2) is 7.25. The highest BCUT2D eigenvalue weighted by molar-refractivity contribution is 5.26. The van der Waals surface area contributed by atoms with Crippen LogP contribution in [-0.4, -0.2) is 0 Å². The van der Waals surface area contributed by atoms with E-state index in [-0.39, 0.29) is 0 Å². The van der Waals surface area contributed by atoms with Gasteiger partial charge in [-0.15, -0.1) is 0 Å². The molecule has 1 unspecified atom stereocenters. The zero-order chi connectivity index (χ0) is 14.4. The van der Waals surface area contributed by atoms with Crippen molar-refractivity contribution in [3.8, 4) is 0 Å². The van der Waals surface area contributed by atoms with Crippen molar-refractivity contribution in [2.24, 2.45) is 0 Å². The maximum atomic E-state index is 3.78. The molecule has 0 aromatic heterocycles. The minimum atomic E-state index is 0.367. The van der Waals surface area contributed by atoms with Crippen molar-refractivity contribution >= 4 is 0 Å². The van der Waals surface area contributed by atoms with Gasteiger partial charge in [-0.1, -0.05) is 73.5 Å². The lowest BCUT2D eigenvalue weighted by Crippen LogP contribution is -2.24. The molecule has 0 aliphatic rings. The zero-order valence-corrected chi connectivity index (χ0v) is 12.8. The van der Waals surface area contributed by atoms with E-state index in [0.717, 1.165) is 0 Å². The molecule has 0 radical (unpaired) electrons.